The van der Waals surface area contributed by atoms with E-state index in [1.807, 2.05) is 62.4 Å². The lowest BCUT2D eigenvalue weighted by atomic mass is 10.00. The van der Waals surface area contributed by atoms with Crippen molar-refractivity contribution >= 4 is 5.71 Å². The third-order valence-electron chi connectivity index (χ3n) is 3.56. The summed E-state index contributed by atoms with van der Waals surface area (Å²) in [5.41, 5.74) is 2.91. The zero-order valence-corrected chi connectivity index (χ0v) is 13.4. The number of benzene rings is 2. The SMILES string of the molecule is COc1ccc(CC(=N)C(C)C)cc1OCc1ccccc1. The first kappa shape index (κ1) is 16.1. The predicted octanol–water partition coefficient (Wildman–Crippen LogP) is 4.49. The van der Waals surface area contributed by atoms with Crippen molar-refractivity contribution in [3.63, 3.8) is 0 Å². The molecule has 0 aliphatic heterocycles. The van der Waals surface area contributed by atoms with Gasteiger partial charge in [0.1, 0.15) is 6.61 Å². The average molecular weight is 297 g/mol. The fourth-order valence-corrected chi connectivity index (χ4v) is 2.10. The monoisotopic (exact) mass is 297 g/mol. The highest BCUT2D eigenvalue weighted by Crippen LogP contribution is 2.29. The summed E-state index contributed by atoms with van der Waals surface area (Å²) in [5, 5.41) is 8.01. The Bertz CT molecular complexity index is 621. The summed E-state index contributed by atoms with van der Waals surface area (Å²) < 4.78 is 11.3. The molecular weight excluding hydrogens is 274 g/mol. The van der Waals surface area contributed by atoms with E-state index in [2.05, 4.69) is 0 Å². The van der Waals surface area contributed by atoms with E-state index in [0.29, 0.717) is 13.0 Å². The largest absolute Gasteiger partial charge is 0.493 e. The van der Waals surface area contributed by atoms with Crippen molar-refractivity contribution in [3.05, 3.63) is 59.7 Å². The standard InChI is InChI=1S/C19H23NO2/c1-14(2)17(20)11-16-9-10-18(21-3)19(12-16)22-13-15-7-5-4-6-8-15/h4-10,12,14,20H,11,13H2,1-3H3. The Hall–Kier alpha value is -2.29. The van der Waals surface area contributed by atoms with Crippen LogP contribution >= 0.6 is 0 Å². The fourth-order valence-electron chi connectivity index (χ4n) is 2.10. The molecule has 2 aromatic carbocycles. The molecule has 0 unspecified atom stereocenters. The highest BCUT2D eigenvalue weighted by atomic mass is 16.5. The lowest BCUT2D eigenvalue weighted by Gasteiger charge is -2.13. The lowest BCUT2D eigenvalue weighted by Crippen LogP contribution is -2.09. The number of hydrogen-bond donors (Lipinski definition) is 1. The first-order valence-electron chi connectivity index (χ1n) is 7.51. The van der Waals surface area contributed by atoms with Crippen LogP contribution in [0.15, 0.2) is 48.5 Å². The second kappa shape index (κ2) is 7.64. The van der Waals surface area contributed by atoms with Gasteiger partial charge in [-0.1, -0.05) is 50.2 Å². The van der Waals surface area contributed by atoms with Gasteiger partial charge in [0, 0.05) is 12.1 Å². The molecule has 116 valence electrons. The number of hydrogen-bond acceptors (Lipinski definition) is 3. The van der Waals surface area contributed by atoms with Gasteiger partial charge in [0.05, 0.1) is 7.11 Å². The van der Waals surface area contributed by atoms with Crippen LogP contribution in [-0.4, -0.2) is 12.8 Å². The molecule has 3 heteroatoms. The van der Waals surface area contributed by atoms with Crippen LogP contribution in [0.2, 0.25) is 0 Å². The normalized spacial score (nSPS) is 10.5. The number of methoxy groups -OCH3 is 1. The third kappa shape index (κ3) is 4.35. The topological polar surface area (TPSA) is 42.3 Å². The number of nitrogens with one attached hydrogen (secondary N) is 1. The Kier molecular flexibility index (Phi) is 5.59. The molecule has 0 saturated carbocycles. The highest BCUT2D eigenvalue weighted by molar-refractivity contribution is 5.85. The van der Waals surface area contributed by atoms with Crippen LogP contribution in [0.4, 0.5) is 0 Å². The van der Waals surface area contributed by atoms with Crippen LogP contribution in [0.1, 0.15) is 25.0 Å². The summed E-state index contributed by atoms with van der Waals surface area (Å²) in [7, 11) is 1.64. The Morgan fingerprint density at radius 2 is 1.73 bits per heavy atom. The second-order valence-corrected chi connectivity index (χ2v) is 5.62. The third-order valence-corrected chi connectivity index (χ3v) is 3.56. The van der Waals surface area contributed by atoms with E-state index < -0.39 is 0 Å². The van der Waals surface area contributed by atoms with Gasteiger partial charge in [-0.15, -0.1) is 0 Å². The molecule has 0 heterocycles. The van der Waals surface area contributed by atoms with Crippen molar-refractivity contribution in [2.24, 2.45) is 5.92 Å². The first-order chi connectivity index (χ1) is 10.6. The van der Waals surface area contributed by atoms with Gasteiger partial charge in [0.25, 0.3) is 0 Å². The number of ether oxygens (including phenoxy) is 2. The van der Waals surface area contributed by atoms with Gasteiger partial charge < -0.3 is 14.9 Å². The Morgan fingerprint density at radius 1 is 1.00 bits per heavy atom. The maximum absolute atomic E-state index is 8.01. The molecule has 2 aromatic rings. The minimum atomic E-state index is 0.260. The van der Waals surface area contributed by atoms with Crippen LogP contribution in [-0.2, 0) is 13.0 Å². The van der Waals surface area contributed by atoms with Crippen molar-refractivity contribution in [2.45, 2.75) is 26.9 Å². The van der Waals surface area contributed by atoms with Crippen LogP contribution in [0.3, 0.4) is 0 Å². The smallest absolute Gasteiger partial charge is 0.161 e. The van der Waals surface area contributed by atoms with Crippen molar-refractivity contribution in [3.8, 4) is 11.5 Å². The Labute approximate surface area is 132 Å². The molecule has 0 spiro atoms. The van der Waals surface area contributed by atoms with Crippen molar-refractivity contribution in [1.82, 2.24) is 0 Å². The lowest BCUT2D eigenvalue weighted by molar-refractivity contribution is 0.284. The molecular formula is C19H23NO2. The highest BCUT2D eigenvalue weighted by Gasteiger charge is 2.09. The van der Waals surface area contributed by atoms with Crippen LogP contribution in [0.5, 0.6) is 11.5 Å². The van der Waals surface area contributed by atoms with E-state index >= 15 is 0 Å². The summed E-state index contributed by atoms with van der Waals surface area (Å²) in [5.74, 6) is 1.70. The van der Waals surface area contributed by atoms with E-state index in [-0.39, 0.29) is 5.92 Å². The van der Waals surface area contributed by atoms with Crippen LogP contribution < -0.4 is 9.47 Å². The molecule has 0 aromatic heterocycles. The summed E-state index contributed by atoms with van der Waals surface area (Å²) in [4.78, 5) is 0. The predicted molar refractivity (Wildman–Crippen MR) is 90.0 cm³/mol. The van der Waals surface area contributed by atoms with Gasteiger partial charge in [-0.05, 0) is 29.2 Å². The molecule has 22 heavy (non-hydrogen) atoms. The maximum atomic E-state index is 8.01. The molecule has 0 atom stereocenters. The molecule has 0 bridgehead atoms. The van der Waals surface area contributed by atoms with Gasteiger partial charge in [0.15, 0.2) is 11.5 Å². The van der Waals surface area contributed by atoms with E-state index in [9.17, 15) is 0 Å². The van der Waals surface area contributed by atoms with Gasteiger partial charge in [0.2, 0.25) is 0 Å². The minimum absolute atomic E-state index is 0.260. The maximum Gasteiger partial charge on any atom is 0.161 e. The first-order valence-corrected chi connectivity index (χ1v) is 7.51. The van der Waals surface area contributed by atoms with E-state index in [1.54, 1.807) is 7.11 Å². The van der Waals surface area contributed by atoms with Crippen LogP contribution in [0, 0.1) is 11.3 Å². The molecule has 0 radical (unpaired) electrons. The molecule has 3 nitrogen and oxygen atoms in total. The molecule has 0 amide bonds. The molecule has 0 fully saturated rings. The van der Waals surface area contributed by atoms with Crippen molar-refractivity contribution in [1.29, 1.82) is 5.41 Å². The van der Waals surface area contributed by atoms with E-state index in [0.717, 1.165) is 28.3 Å². The molecule has 2 rings (SSSR count). The summed E-state index contributed by atoms with van der Waals surface area (Å²) in [6.45, 7) is 4.58. The Morgan fingerprint density at radius 3 is 2.36 bits per heavy atom. The van der Waals surface area contributed by atoms with Gasteiger partial charge in [-0.3, -0.25) is 0 Å². The molecule has 1 N–H and O–H groups in total. The summed E-state index contributed by atoms with van der Waals surface area (Å²) >= 11 is 0. The quantitative estimate of drug-likeness (QED) is 0.765. The summed E-state index contributed by atoms with van der Waals surface area (Å²) in [6.07, 6.45) is 0.642. The van der Waals surface area contributed by atoms with Crippen molar-refractivity contribution < 1.29 is 9.47 Å². The van der Waals surface area contributed by atoms with E-state index in [1.165, 1.54) is 0 Å². The molecule has 0 aliphatic rings. The Balaban J connectivity index is 2.12. The molecule has 0 aliphatic carbocycles. The van der Waals surface area contributed by atoms with Gasteiger partial charge >= 0.3 is 0 Å². The zero-order valence-electron chi connectivity index (χ0n) is 13.4. The molecule has 0 saturated heterocycles. The zero-order chi connectivity index (χ0) is 15.9. The van der Waals surface area contributed by atoms with Crippen molar-refractivity contribution in [2.75, 3.05) is 7.11 Å². The van der Waals surface area contributed by atoms with Gasteiger partial charge in [-0.2, -0.15) is 0 Å². The van der Waals surface area contributed by atoms with Gasteiger partial charge in [-0.25, -0.2) is 0 Å². The van der Waals surface area contributed by atoms with Crippen LogP contribution in [0.25, 0.3) is 0 Å². The average Bonchev–Trinajstić information content (AvgIpc) is 2.54. The minimum Gasteiger partial charge on any atom is -0.493 e. The second-order valence-electron chi connectivity index (χ2n) is 5.62. The number of rotatable bonds is 7. The summed E-state index contributed by atoms with van der Waals surface area (Å²) in [6, 6.07) is 15.9. The van der Waals surface area contributed by atoms with E-state index in [4.69, 9.17) is 14.9 Å². The fraction of sp³-hybridized carbons (Fsp3) is 0.316.